The highest BCUT2D eigenvalue weighted by Gasteiger charge is 2.36. The van der Waals surface area contributed by atoms with Crippen molar-refractivity contribution in [2.75, 3.05) is 38.8 Å². The summed E-state index contributed by atoms with van der Waals surface area (Å²) in [5.41, 5.74) is 0.640. The monoisotopic (exact) mass is 460 g/mol. The molecule has 170 valence electrons. The lowest BCUT2D eigenvalue weighted by atomic mass is 10.1. The maximum absolute atomic E-state index is 13.5. The van der Waals surface area contributed by atoms with Crippen LogP contribution in [0.5, 0.6) is 11.5 Å². The van der Waals surface area contributed by atoms with Gasteiger partial charge >= 0.3 is 5.97 Å². The third kappa shape index (κ3) is 3.91. The third-order valence-corrected chi connectivity index (χ3v) is 7.50. The zero-order chi connectivity index (χ0) is 22.9. The van der Waals surface area contributed by atoms with E-state index >= 15 is 0 Å². The molecule has 32 heavy (non-hydrogen) atoms. The molecule has 0 bridgehead atoms. The number of nitrogens with zero attached hydrogens (tertiary/aromatic N) is 2. The van der Waals surface area contributed by atoms with Crippen LogP contribution >= 0.6 is 0 Å². The first-order valence-corrected chi connectivity index (χ1v) is 11.6. The second kappa shape index (κ2) is 8.79. The third-order valence-electron chi connectivity index (χ3n) is 5.58. The van der Waals surface area contributed by atoms with E-state index in [1.165, 1.54) is 41.6 Å². The summed E-state index contributed by atoms with van der Waals surface area (Å²) >= 11 is 0. The lowest BCUT2D eigenvalue weighted by molar-refractivity contribution is -0.148. The summed E-state index contributed by atoms with van der Waals surface area (Å²) in [6, 6.07) is 11.2. The molecule has 0 spiro atoms. The maximum atomic E-state index is 13.5. The minimum atomic E-state index is -3.82. The van der Waals surface area contributed by atoms with Gasteiger partial charge in [-0.15, -0.1) is 0 Å². The number of sulfonamides is 1. The number of ether oxygens (including phenoxy) is 3. The molecule has 0 saturated carbocycles. The van der Waals surface area contributed by atoms with Gasteiger partial charge in [0.1, 0.15) is 16.4 Å². The zero-order valence-corrected chi connectivity index (χ0v) is 18.6. The molecule has 4 rings (SSSR count). The fraction of sp³-hybridized carbons (Fsp3) is 0.364. The Morgan fingerprint density at radius 2 is 1.78 bits per heavy atom. The Kier molecular flexibility index (Phi) is 6.07. The normalized spacial score (nSPS) is 18.6. The Morgan fingerprint density at radius 1 is 1.06 bits per heavy atom. The first-order valence-electron chi connectivity index (χ1n) is 10.2. The Labute approximate surface area is 186 Å². The van der Waals surface area contributed by atoms with Crippen molar-refractivity contribution in [1.82, 2.24) is 4.31 Å². The van der Waals surface area contributed by atoms with E-state index in [4.69, 9.17) is 14.2 Å². The van der Waals surface area contributed by atoms with Crippen molar-refractivity contribution in [3.8, 4) is 11.5 Å². The van der Waals surface area contributed by atoms with E-state index in [1.54, 1.807) is 24.3 Å². The van der Waals surface area contributed by atoms with Gasteiger partial charge < -0.3 is 19.1 Å². The lowest BCUT2D eigenvalue weighted by Crippen LogP contribution is -2.47. The van der Waals surface area contributed by atoms with Crippen LogP contribution in [0.3, 0.4) is 0 Å². The number of para-hydroxylation sites is 2. The van der Waals surface area contributed by atoms with Gasteiger partial charge in [0.15, 0.2) is 0 Å². The van der Waals surface area contributed by atoms with Crippen LogP contribution in [-0.2, 0) is 19.6 Å². The topological polar surface area (TPSA) is 102 Å². The van der Waals surface area contributed by atoms with Gasteiger partial charge in [-0.3, -0.25) is 4.79 Å². The van der Waals surface area contributed by atoms with Crippen molar-refractivity contribution in [3.63, 3.8) is 0 Å². The molecular formula is C22H24N2O7S. The van der Waals surface area contributed by atoms with Gasteiger partial charge in [-0.2, -0.15) is 4.31 Å². The predicted octanol–water partition coefficient (Wildman–Crippen LogP) is 2.06. The van der Waals surface area contributed by atoms with E-state index in [0.29, 0.717) is 24.5 Å². The summed E-state index contributed by atoms with van der Waals surface area (Å²) in [6.07, 6.45) is 0.587. The molecule has 2 aromatic carbocycles. The highest BCUT2D eigenvalue weighted by molar-refractivity contribution is 7.89. The fourth-order valence-electron chi connectivity index (χ4n) is 3.92. The second-order valence-corrected chi connectivity index (χ2v) is 9.40. The van der Waals surface area contributed by atoms with E-state index in [2.05, 4.69) is 0 Å². The molecule has 1 atom stereocenters. The van der Waals surface area contributed by atoms with Crippen LogP contribution < -0.4 is 14.4 Å². The SMILES string of the molecule is COC(=O)C1CN(C(=O)c2ccc(OC)c(S(=O)(=O)N3CCCC3)c2)c2ccccc2O1. The number of rotatable bonds is 5. The number of carbonyl (C=O) groups excluding carboxylic acids is 2. The number of fused-ring (bicyclic) bond motifs is 1. The Morgan fingerprint density at radius 3 is 2.47 bits per heavy atom. The molecular weight excluding hydrogens is 436 g/mol. The molecule has 0 aliphatic carbocycles. The van der Waals surface area contributed by atoms with Crippen LogP contribution in [-0.4, -0.2) is 64.6 Å². The largest absolute Gasteiger partial charge is 0.495 e. The number of amides is 1. The van der Waals surface area contributed by atoms with Gasteiger partial charge in [-0.05, 0) is 43.2 Å². The molecule has 2 aliphatic heterocycles. The van der Waals surface area contributed by atoms with Gasteiger partial charge in [-0.25, -0.2) is 13.2 Å². The van der Waals surface area contributed by atoms with E-state index in [9.17, 15) is 18.0 Å². The molecule has 1 fully saturated rings. The highest BCUT2D eigenvalue weighted by atomic mass is 32.2. The summed E-state index contributed by atoms with van der Waals surface area (Å²) < 4.78 is 43.5. The van der Waals surface area contributed by atoms with Crippen molar-refractivity contribution in [2.24, 2.45) is 0 Å². The van der Waals surface area contributed by atoms with Crippen LogP contribution in [0.25, 0.3) is 0 Å². The van der Waals surface area contributed by atoms with Crippen LogP contribution in [0.4, 0.5) is 5.69 Å². The quantitative estimate of drug-likeness (QED) is 0.630. The molecule has 9 nitrogen and oxygen atoms in total. The molecule has 2 heterocycles. The summed E-state index contributed by atoms with van der Waals surface area (Å²) in [4.78, 5) is 26.9. The van der Waals surface area contributed by atoms with Gasteiger partial charge in [0.05, 0.1) is 26.5 Å². The van der Waals surface area contributed by atoms with Crippen molar-refractivity contribution in [2.45, 2.75) is 23.8 Å². The summed E-state index contributed by atoms with van der Waals surface area (Å²) in [7, 11) is -1.18. The minimum Gasteiger partial charge on any atom is -0.495 e. The fourth-order valence-corrected chi connectivity index (χ4v) is 5.61. The van der Waals surface area contributed by atoms with Crippen molar-refractivity contribution in [1.29, 1.82) is 0 Å². The van der Waals surface area contributed by atoms with E-state index in [0.717, 1.165) is 12.8 Å². The second-order valence-electron chi connectivity index (χ2n) is 7.49. The van der Waals surface area contributed by atoms with Gasteiger partial charge in [0.2, 0.25) is 16.1 Å². The van der Waals surface area contributed by atoms with E-state index < -0.39 is 28.0 Å². The molecule has 0 aromatic heterocycles. The Bertz CT molecular complexity index is 1140. The van der Waals surface area contributed by atoms with Crippen LogP contribution in [0, 0.1) is 0 Å². The first kappa shape index (κ1) is 22.1. The number of carbonyl (C=O) groups is 2. The molecule has 1 unspecified atom stereocenters. The summed E-state index contributed by atoms with van der Waals surface area (Å²) in [6.45, 7) is 0.797. The van der Waals surface area contributed by atoms with E-state index in [-0.39, 0.29) is 22.8 Å². The average molecular weight is 461 g/mol. The number of benzene rings is 2. The van der Waals surface area contributed by atoms with Gasteiger partial charge in [-0.1, -0.05) is 12.1 Å². The van der Waals surface area contributed by atoms with Crippen molar-refractivity contribution < 1.29 is 32.2 Å². The molecule has 0 N–H and O–H groups in total. The molecule has 2 aromatic rings. The maximum Gasteiger partial charge on any atom is 0.348 e. The molecule has 0 radical (unpaired) electrons. The summed E-state index contributed by atoms with van der Waals surface area (Å²) in [5, 5.41) is 0. The van der Waals surface area contributed by atoms with Gasteiger partial charge in [0.25, 0.3) is 5.91 Å². The van der Waals surface area contributed by atoms with Crippen molar-refractivity contribution >= 4 is 27.6 Å². The van der Waals surface area contributed by atoms with Crippen LogP contribution in [0.15, 0.2) is 47.4 Å². The van der Waals surface area contributed by atoms with Crippen LogP contribution in [0.1, 0.15) is 23.2 Å². The average Bonchev–Trinajstić information content (AvgIpc) is 3.38. The van der Waals surface area contributed by atoms with Crippen LogP contribution in [0.2, 0.25) is 0 Å². The van der Waals surface area contributed by atoms with E-state index in [1.807, 2.05) is 0 Å². The Balaban J connectivity index is 1.74. The molecule has 1 saturated heterocycles. The molecule has 2 aliphatic rings. The number of hydrogen-bond acceptors (Lipinski definition) is 7. The lowest BCUT2D eigenvalue weighted by Gasteiger charge is -2.33. The van der Waals surface area contributed by atoms with Gasteiger partial charge in [0, 0.05) is 18.7 Å². The molecule has 10 heteroatoms. The predicted molar refractivity (Wildman–Crippen MR) is 116 cm³/mol. The molecule has 1 amide bonds. The zero-order valence-electron chi connectivity index (χ0n) is 17.8. The summed E-state index contributed by atoms with van der Waals surface area (Å²) in [5.74, 6) is -0.538. The first-order chi connectivity index (χ1) is 15.4. The van der Waals surface area contributed by atoms with Crippen molar-refractivity contribution in [3.05, 3.63) is 48.0 Å². The number of anilines is 1. The Hall–Kier alpha value is -3.11. The smallest absolute Gasteiger partial charge is 0.348 e. The minimum absolute atomic E-state index is 0.0567. The number of esters is 1. The number of methoxy groups -OCH3 is 2. The standard InChI is InChI=1S/C22H24N2O7S/c1-29-18-10-9-15(13-20(18)32(27,28)23-11-5-6-12-23)21(25)24-14-19(22(26)30-2)31-17-8-4-3-7-16(17)24/h3-4,7-10,13,19H,5-6,11-12,14H2,1-2H3. The number of hydrogen-bond donors (Lipinski definition) is 0. The highest BCUT2D eigenvalue weighted by Crippen LogP contribution is 2.36.